The van der Waals surface area contributed by atoms with Gasteiger partial charge in [-0.15, -0.1) is 0 Å². The van der Waals surface area contributed by atoms with Gasteiger partial charge >= 0.3 is 0 Å². The molecule has 1 aromatic carbocycles. The van der Waals surface area contributed by atoms with Gasteiger partial charge in [0.15, 0.2) is 0 Å². The van der Waals surface area contributed by atoms with Crippen LogP contribution in [0, 0.1) is 11.3 Å². The largest absolute Gasteiger partial charge is 0.398 e. The van der Waals surface area contributed by atoms with E-state index in [4.69, 9.17) is 5.73 Å². The first-order valence-electron chi connectivity index (χ1n) is 6.55. The summed E-state index contributed by atoms with van der Waals surface area (Å²) < 4.78 is 0.951. The van der Waals surface area contributed by atoms with Gasteiger partial charge in [-0.2, -0.15) is 0 Å². The number of nitrogen functional groups attached to an aromatic ring is 1. The summed E-state index contributed by atoms with van der Waals surface area (Å²) in [6, 6.07) is 5.98. The van der Waals surface area contributed by atoms with Crippen LogP contribution in [0.3, 0.4) is 0 Å². The number of anilines is 2. The van der Waals surface area contributed by atoms with Crippen molar-refractivity contribution in [3.05, 3.63) is 28.9 Å². The average Bonchev–Trinajstić information content (AvgIpc) is 2.97. The molecule has 1 heterocycles. The Kier molecular flexibility index (Phi) is 2.93. The Bertz CT molecular complexity index is 637. The maximum Gasteiger partial charge on any atom is 0.0954 e. The Morgan fingerprint density at radius 2 is 2.21 bits per heavy atom. The molecule has 1 unspecified atom stereocenters. The van der Waals surface area contributed by atoms with E-state index in [1.807, 2.05) is 24.4 Å². The van der Waals surface area contributed by atoms with Crippen molar-refractivity contribution in [2.24, 2.45) is 11.3 Å². The molecule has 0 radical (unpaired) electrons. The van der Waals surface area contributed by atoms with Crippen molar-refractivity contribution < 1.29 is 0 Å². The smallest absolute Gasteiger partial charge is 0.0954 e. The van der Waals surface area contributed by atoms with Gasteiger partial charge < -0.3 is 11.1 Å². The summed E-state index contributed by atoms with van der Waals surface area (Å²) in [5, 5.41) is 4.51. The second kappa shape index (κ2) is 4.37. The second-order valence-corrected chi connectivity index (χ2v) is 6.94. The van der Waals surface area contributed by atoms with Crippen LogP contribution in [0.1, 0.15) is 20.3 Å². The Hall–Kier alpha value is -1.29. The molecule has 0 amide bonds. The molecule has 3 nitrogen and oxygen atoms in total. The zero-order valence-corrected chi connectivity index (χ0v) is 12.8. The van der Waals surface area contributed by atoms with Crippen molar-refractivity contribution in [2.75, 3.05) is 17.6 Å². The highest BCUT2D eigenvalue weighted by molar-refractivity contribution is 9.10. The van der Waals surface area contributed by atoms with E-state index in [0.717, 1.165) is 39.2 Å². The number of rotatable bonds is 3. The lowest BCUT2D eigenvalue weighted by molar-refractivity contribution is 0.573. The van der Waals surface area contributed by atoms with Crippen LogP contribution in [-0.2, 0) is 0 Å². The highest BCUT2D eigenvalue weighted by Crippen LogP contribution is 2.51. The number of nitrogens with one attached hydrogen (secondary N) is 1. The van der Waals surface area contributed by atoms with Gasteiger partial charge in [-0.1, -0.05) is 13.8 Å². The van der Waals surface area contributed by atoms with E-state index in [0.29, 0.717) is 5.41 Å². The molecule has 0 spiro atoms. The molecule has 1 saturated carbocycles. The van der Waals surface area contributed by atoms with Crippen LogP contribution in [0.25, 0.3) is 10.9 Å². The molecule has 3 N–H and O–H groups in total. The number of hydrogen-bond acceptors (Lipinski definition) is 3. The first-order valence-corrected chi connectivity index (χ1v) is 7.34. The molecule has 19 heavy (non-hydrogen) atoms. The zero-order chi connectivity index (χ0) is 13.6. The predicted molar refractivity (Wildman–Crippen MR) is 84.2 cm³/mol. The van der Waals surface area contributed by atoms with Crippen molar-refractivity contribution in [1.29, 1.82) is 0 Å². The number of fused-ring (bicyclic) bond motifs is 1. The molecule has 1 aromatic heterocycles. The number of halogens is 1. The third-order valence-corrected chi connectivity index (χ3v) is 4.54. The van der Waals surface area contributed by atoms with Crippen molar-refractivity contribution in [3.8, 4) is 0 Å². The minimum absolute atomic E-state index is 0.493. The highest BCUT2D eigenvalue weighted by Gasteiger charge is 2.44. The van der Waals surface area contributed by atoms with Crippen LogP contribution in [0.2, 0.25) is 0 Å². The fourth-order valence-electron chi connectivity index (χ4n) is 2.52. The van der Waals surface area contributed by atoms with Gasteiger partial charge in [0.1, 0.15) is 0 Å². The molecule has 1 fully saturated rings. The van der Waals surface area contributed by atoms with E-state index in [9.17, 15) is 0 Å². The number of pyridine rings is 1. The number of benzene rings is 1. The van der Waals surface area contributed by atoms with Crippen molar-refractivity contribution in [1.82, 2.24) is 4.98 Å². The normalized spacial score (nSPS) is 20.5. The molecule has 1 atom stereocenters. The van der Waals surface area contributed by atoms with Crippen LogP contribution in [0.15, 0.2) is 28.9 Å². The quantitative estimate of drug-likeness (QED) is 0.839. The predicted octanol–water partition coefficient (Wildman–Crippen LogP) is 4.04. The van der Waals surface area contributed by atoms with Crippen LogP contribution >= 0.6 is 15.9 Å². The van der Waals surface area contributed by atoms with Gasteiger partial charge in [-0.3, -0.25) is 4.98 Å². The molecule has 2 aromatic rings. The maximum atomic E-state index is 6.02. The van der Waals surface area contributed by atoms with E-state index in [1.54, 1.807) is 0 Å². The van der Waals surface area contributed by atoms with Crippen molar-refractivity contribution in [3.63, 3.8) is 0 Å². The van der Waals surface area contributed by atoms with Crippen LogP contribution in [-0.4, -0.2) is 11.5 Å². The number of aromatic nitrogens is 1. The summed E-state index contributed by atoms with van der Waals surface area (Å²) in [6.07, 6.45) is 3.11. The Labute approximate surface area is 121 Å². The molecule has 3 rings (SSSR count). The lowest BCUT2D eigenvalue weighted by atomic mass is 10.1. The Morgan fingerprint density at radius 1 is 1.47 bits per heavy atom. The van der Waals surface area contributed by atoms with Gasteiger partial charge in [0, 0.05) is 28.3 Å². The van der Waals surface area contributed by atoms with Crippen molar-refractivity contribution >= 4 is 38.2 Å². The van der Waals surface area contributed by atoms with Gasteiger partial charge in [-0.25, -0.2) is 0 Å². The van der Waals surface area contributed by atoms with E-state index >= 15 is 0 Å². The van der Waals surface area contributed by atoms with Crippen LogP contribution in [0.5, 0.6) is 0 Å². The summed E-state index contributed by atoms with van der Waals surface area (Å²) in [5.74, 6) is 0.760. The van der Waals surface area contributed by atoms with E-state index in [-0.39, 0.29) is 0 Å². The maximum absolute atomic E-state index is 6.02. The number of nitrogens with two attached hydrogens (primary N) is 1. The third-order valence-electron chi connectivity index (χ3n) is 4.11. The number of nitrogens with zero attached hydrogens (tertiary/aromatic N) is 1. The van der Waals surface area contributed by atoms with Crippen LogP contribution in [0.4, 0.5) is 11.4 Å². The summed E-state index contributed by atoms with van der Waals surface area (Å²) in [5.41, 5.74) is 9.29. The van der Waals surface area contributed by atoms with Crippen LogP contribution < -0.4 is 11.1 Å². The summed E-state index contributed by atoms with van der Waals surface area (Å²) in [7, 11) is 0. The summed E-state index contributed by atoms with van der Waals surface area (Å²) in [6.45, 7) is 5.63. The van der Waals surface area contributed by atoms with E-state index < -0.39 is 0 Å². The van der Waals surface area contributed by atoms with Gasteiger partial charge in [-0.05, 0) is 51.9 Å². The minimum Gasteiger partial charge on any atom is -0.398 e. The number of hydrogen-bond donors (Lipinski definition) is 2. The summed E-state index contributed by atoms with van der Waals surface area (Å²) >= 11 is 3.44. The lowest BCUT2D eigenvalue weighted by Crippen LogP contribution is -2.08. The topological polar surface area (TPSA) is 50.9 Å². The highest BCUT2D eigenvalue weighted by atomic mass is 79.9. The molecule has 100 valence electrons. The molecule has 4 heteroatoms. The molecule has 1 aliphatic rings. The second-order valence-electron chi connectivity index (χ2n) is 6.02. The fraction of sp³-hybridized carbons (Fsp3) is 0.400. The van der Waals surface area contributed by atoms with E-state index in [1.165, 1.54) is 6.42 Å². The first kappa shape index (κ1) is 12.7. The minimum atomic E-state index is 0.493. The SMILES string of the molecule is CC1(C)CC1CNc1ccc(N)c2cc(Br)cnc12. The Balaban J connectivity index is 1.89. The molecule has 0 aliphatic heterocycles. The molecular weight excluding hydrogens is 302 g/mol. The molecular formula is C15H18BrN3. The zero-order valence-electron chi connectivity index (χ0n) is 11.2. The molecule has 1 aliphatic carbocycles. The monoisotopic (exact) mass is 319 g/mol. The Morgan fingerprint density at radius 3 is 2.89 bits per heavy atom. The molecule has 0 bridgehead atoms. The standard InChI is InChI=1S/C15H18BrN3/c1-15(2)6-9(15)7-18-13-4-3-12(17)11-5-10(16)8-19-14(11)13/h3-5,8-9,18H,6-7,17H2,1-2H3. The van der Waals surface area contributed by atoms with Crippen molar-refractivity contribution in [2.45, 2.75) is 20.3 Å². The van der Waals surface area contributed by atoms with E-state index in [2.05, 4.69) is 40.1 Å². The van der Waals surface area contributed by atoms with Gasteiger partial charge in [0.25, 0.3) is 0 Å². The lowest BCUT2D eigenvalue weighted by Gasteiger charge is -2.11. The van der Waals surface area contributed by atoms with Gasteiger partial charge in [0.2, 0.25) is 0 Å². The summed E-state index contributed by atoms with van der Waals surface area (Å²) in [4.78, 5) is 4.49. The fourth-order valence-corrected chi connectivity index (χ4v) is 2.85. The van der Waals surface area contributed by atoms with Gasteiger partial charge in [0.05, 0.1) is 11.2 Å². The molecule has 0 saturated heterocycles. The first-order chi connectivity index (χ1) is 8.97. The average molecular weight is 320 g/mol. The third kappa shape index (κ3) is 2.41.